The lowest BCUT2D eigenvalue weighted by atomic mass is 10.1. The molecule has 0 aliphatic rings. The number of nitrogens with one attached hydrogen (secondary N) is 2. The summed E-state index contributed by atoms with van der Waals surface area (Å²) >= 11 is 0. The molecule has 0 saturated heterocycles. The van der Waals surface area contributed by atoms with Crippen LogP contribution in [0.25, 0.3) is 11.2 Å². The Morgan fingerprint density at radius 2 is 2.00 bits per heavy atom. The summed E-state index contributed by atoms with van der Waals surface area (Å²) in [5.74, 6) is -1.64. The van der Waals surface area contributed by atoms with Gasteiger partial charge in [0.25, 0.3) is 5.56 Å². The zero-order valence-corrected chi connectivity index (χ0v) is 10.9. The van der Waals surface area contributed by atoms with Crippen molar-refractivity contribution in [3.8, 4) is 0 Å². The normalized spacial score (nSPS) is 11.2. The largest absolute Gasteiger partial charge is 0.336 e. The minimum Gasteiger partial charge on any atom is -0.336 e. The highest BCUT2D eigenvalue weighted by atomic mass is 19.2. The monoisotopic (exact) mass is 292 g/mol. The Kier molecular flexibility index (Phi) is 2.93. The highest BCUT2D eigenvalue weighted by molar-refractivity contribution is 5.69. The molecule has 8 heteroatoms. The predicted molar refractivity (Wildman–Crippen MR) is 71.1 cm³/mol. The molecule has 1 aromatic carbocycles. The summed E-state index contributed by atoms with van der Waals surface area (Å²) in [7, 11) is 1.45. The lowest BCUT2D eigenvalue weighted by Crippen LogP contribution is -2.28. The molecular weight excluding hydrogens is 282 g/mol. The molecule has 0 saturated carbocycles. The van der Waals surface area contributed by atoms with Gasteiger partial charge in [0.1, 0.15) is 11.3 Å². The second-order valence-electron chi connectivity index (χ2n) is 4.59. The molecule has 0 radical (unpaired) electrons. The number of hydrogen-bond donors (Lipinski definition) is 2. The summed E-state index contributed by atoms with van der Waals surface area (Å²) in [6.07, 6.45) is -0.0219. The van der Waals surface area contributed by atoms with Crippen LogP contribution < -0.4 is 11.2 Å². The molecule has 0 amide bonds. The first-order valence-corrected chi connectivity index (χ1v) is 6.08. The van der Waals surface area contributed by atoms with Gasteiger partial charge in [0.15, 0.2) is 17.3 Å². The van der Waals surface area contributed by atoms with Gasteiger partial charge in [-0.05, 0) is 11.6 Å². The fourth-order valence-electron chi connectivity index (χ4n) is 2.10. The second kappa shape index (κ2) is 4.65. The van der Waals surface area contributed by atoms with Crippen molar-refractivity contribution >= 4 is 11.2 Å². The predicted octanol–water partition coefficient (Wildman–Crippen LogP) is 0.819. The van der Waals surface area contributed by atoms with Crippen LogP contribution in [0.3, 0.4) is 0 Å². The third-order valence-electron chi connectivity index (χ3n) is 3.19. The van der Waals surface area contributed by atoms with Crippen LogP contribution in [0.1, 0.15) is 11.4 Å². The Bertz CT molecular complexity index is 955. The molecule has 0 fully saturated rings. The smallest absolute Gasteiger partial charge is 0.329 e. The average molecular weight is 292 g/mol. The molecule has 6 nitrogen and oxygen atoms in total. The van der Waals surface area contributed by atoms with E-state index in [1.807, 2.05) is 0 Å². The maximum Gasteiger partial charge on any atom is 0.329 e. The van der Waals surface area contributed by atoms with Gasteiger partial charge in [-0.2, -0.15) is 0 Å². The van der Waals surface area contributed by atoms with Crippen LogP contribution >= 0.6 is 0 Å². The van der Waals surface area contributed by atoms with E-state index >= 15 is 0 Å². The molecule has 108 valence electrons. The van der Waals surface area contributed by atoms with Gasteiger partial charge in [-0.3, -0.25) is 14.3 Å². The summed E-state index contributed by atoms with van der Waals surface area (Å²) in [5, 5.41) is 0. The standard InChI is InChI=1S/C13H10F2N4O2/c1-19-11-10(12(20)18-13(19)21)16-8(17-11)5-6-3-2-4-7(14)9(6)15/h2-4H,5H2,1H3,(H,16,17)(H,18,20,21). The summed E-state index contributed by atoms with van der Waals surface area (Å²) < 4.78 is 28.0. The first-order valence-electron chi connectivity index (χ1n) is 6.08. The molecule has 0 bridgehead atoms. The fraction of sp³-hybridized carbons (Fsp3) is 0.154. The molecule has 0 aliphatic heterocycles. The fourth-order valence-corrected chi connectivity index (χ4v) is 2.10. The van der Waals surface area contributed by atoms with E-state index in [4.69, 9.17) is 0 Å². The molecular formula is C13H10F2N4O2. The minimum atomic E-state index is -0.958. The topological polar surface area (TPSA) is 83.5 Å². The number of aromatic amines is 2. The van der Waals surface area contributed by atoms with Crippen LogP contribution in [0.2, 0.25) is 0 Å². The van der Waals surface area contributed by atoms with E-state index in [0.717, 1.165) is 6.07 Å². The van der Waals surface area contributed by atoms with Crippen LogP contribution in [-0.2, 0) is 13.5 Å². The van der Waals surface area contributed by atoms with E-state index in [0.29, 0.717) is 0 Å². The first-order chi connectivity index (χ1) is 9.97. The summed E-state index contributed by atoms with van der Waals surface area (Å²) in [6, 6.07) is 3.83. The quantitative estimate of drug-likeness (QED) is 0.733. The number of aromatic nitrogens is 4. The Hall–Kier alpha value is -2.77. The molecule has 0 atom stereocenters. The minimum absolute atomic E-state index is 0.0219. The molecule has 0 aliphatic carbocycles. The molecule has 2 N–H and O–H groups in total. The van der Waals surface area contributed by atoms with Crippen LogP contribution in [0.4, 0.5) is 8.78 Å². The van der Waals surface area contributed by atoms with E-state index < -0.39 is 22.9 Å². The van der Waals surface area contributed by atoms with Crippen molar-refractivity contribution in [3.63, 3.8) is 0 Å². The maximum atomic E-state index is 13.6. The average Bonchev–Trinajstić information content (AvgIpc) is 2.86. The third-order valence-corrected chi connectivity index (χ3v) is 3.19. The van der Waals surface area contributed by atoms with Crippen molar-refractivity contribution < 1.29 is 8.78 Å². The van der Waals surface area contributed by atoms with E-state index in [9.17, 15) is 18.4 Å². The molecule has 3 aromatic rings. The van der Waals surface area contributed by atoms with Gasteiger partial charge in [0.05, 0.1) is 0 Å². The van der Waals surface area contributed by atoms with Gasteiger partial charge in [0.2, 0.25) is 0 Å². The molecule has 2 aromatic heterocycles. The molecule has 0 unspecified atom stereocenters. The lowest BCUT2D eigenvalue weighted by Gasteiger charge is -2.00. The number of aryl methyl sites for hydroxylation is 1. The highest BCUT2D eigenvalue weighted by Gasteiger charge is 2.14. The maximum absolute atomic E-state index is 13.6. The molecule has 21 heavy (non-hydrogen) atoms. The van der Waals surface area contributed by atoms with Crippen LogP contribution in [0, 0.1) is 11.6 Å². The molecule has 3 rings (SSSR count). The van der Waals surface area contributed by atoms with E-state index in [1.54, 1.807) is 0 Å². The molecule has 2 heterocycles. The van der Waals surface area contributed by atoms with Crippen LogP contribution in [0.5, 0.6) is 0 Å². The lowest BCUT2D eigenvalue weighted by molar-refractivity contribution is 0.500. The summed E-state index contributed by atoms with van der Waals surface area (Å²) in [4.78, 5) is 32.1. The summed E-state index contributed by atoms with van der Waals surface area (Å²) in [6.45, 7) is 0. The number of H-pyrrole nitrogens is 2. The first kappa shape index (κ1) is 13.2. The van der Waals surface area contributed by atoms with E-state index in [2.05, 4.69) is 15.0 Å². The zero-order chi connectivity index (χ0) is 15.1. The number of rotatable bonds is 2. The Morgan fingerprint density at radius 1 is 1.24 bits per heavy atom. The highest BCUT2D eigenvalue weighted by Crippen LogP contribution is 2.15. The van der Waals surface area contributed by atoms with Crippen molar-refractivity contribution in [2.75, 3.05) is 0 Å². The van der Waals surface area contributed by atoms with E-state index in [1.165, 1.54) is 23.7 Å². The Balaban J connectivity index is 2.12. The van der Waals surface area contributed by atoms with Crippen LogP contribution in [0.15, 0.2) is 27.8 Å². The van der Waals surface area contributed by atoms with E-state index in [-0.39, 0.29) is 29.0 Å². The van der Waals surface area contributed by atoms with Gasteiger partial charge in [0, 0.05) is 13.5 Å². The molecule has 0 spiro atoms. The Labute approximate surface area is 116 Å². The van der Waals surface area contributed by atoms with Crippen molar-refractivity contribution in [1.82, 2.24) is 19.5 Å². The van der Waals surface area contributed by atoms with Crippen molar-refractivity contribution in [2.24, 2.45) is 7.05 Å². The number of nitrogens with zero attached hydrogens (tertiary/aromatic N) is 2. The number of hydrogen-bond acceptors (Lipinski definition) is 3. The van der Waals surface area contributed by atoms with Crippen molar-refractivity contribution in [3.05, 3.63) is 62.1 Å². The Morgan fingerprint density at radius 3 is 2.76 bits per heavy atom. The number of imidazole rings is 1. The van der Waals surface area contributed by atoms with Crippen LogP contribution in [-0.4, -0.2) is 19.5 Å². The van der Waals surface area contributed by atoms with Gasteiger partial charge >= 0.3 is 5.69 Å². The number of fused-ring (bicyclic) bond motifs is 1. The van der Waals surface area contributed by atoms with Crippen molar-refractivity contribution in [2.45, 2.75) is 6.42 Å². The third kappa shape index (κ3) is 2.14. The second-order valence-corrected chi connectivity index (χ2v) is 4.59. The number of benzene rings is 1. The summed E-state index contributed by atoms with van der Waals surface area (Å²) in [5.41, 5.74) is -0.816. The van der Waals surface area contributed by atoms with Gasteiger partial charge < -0.3 is 4.98 Å². The van der Waals surface area contributed by atoms with Gasteiger partial charge in [-0.25, -0.2) is 18.6 Å². The van der Waals surface area contributed by atoms with Gasteiger partial charge in [-0.1, -0.05) is 12.1 Å². The number of halogens is 2. The van der Waals surface area contributed by atoms with Gasteiger partial charge in [-0.15, -0.1) is 0 Å². The van der Waals surface area contributed by atoms with Crippen molar-refractivity contribution in [1.29, 1.82) is 0 Å². The zero-order valence-electron chi connectivity index (χ0n) is 10.9. The SMILES string of the molecule is Cn1c(=O)[nH]c(=O)c2[nH]c(Cc3cccc(F)c3F)nc21.